The number of benzene rings is 1. The smallest absolute Gasteiger partial charge is 0.241 e. The van der Waals surface area contributed by atoms with E-state index < -0.39 is 10.0 Å². The maximum absolute atomic E-state index is 12.4. The molecule has 0 radical (unpaired) electrons. The van der Waals surface area contributed by atoms with Crippen LogP contribution in [0.4, 0.5) is 0 Å². The van der Waals surface area contributed by atoms with Crippen molar-refractivity contribution in [2.24, 2.45) is 5.92 Å². The molecule has 1 unspecified atom stereocenters. The molecule has 1 heterocycles. The predicted molar refractivity (Wildman–Crippen MR) is 92.0 cm³/mol. The van der Waals surface area contributed by atoms with Crippen LogP contribution in [0.15, 0.2) is 26.0 Å². The summed E-state index contributed by atoms with van der Waals surface area (Å²) in [5.74, 6) is 0.396. The van der Waals surface area contributed by atoms with Crippen LogP contribution < -0.4 is 4.72 Å². The molecule has 1 atom stereocenters. The van der Waals surface area contributed by atoms with E-state index in [0.717, 1.165) is 36.1 Å². The van der Waals surface area contributed by atoms with Crippen molar-refractivity contribution >= 4 is 41.9 Å². The zero-order valence-corrected chi connectivity index (χ0v) is 16.2. The molecule has 0 saturated carbocycles. The Morgan fingerprint density at radius 1 is 1.33 bits per heavy atom. The molecule has 1 fully saturated rings. The highest BCUT2D eigenvalue weighted by molar-refractivity contribution is 9.11. The molecule has 1 aliphatic heterocycles. The molecular formula is C14H20Br2N2O2S. The first-order valence-electron chi connectivity index (χ1n) is 7.01. The molecule has 4 nitrogen and oxygen atoms in total. The van der Waals surface area contributed by atoms with E-state index in [-0.39, 0.29) is 4.90 Å². The van der Waals surface area contributed by atoms with Crippen LogP contribution in [-0.4, -0.2) is 39.5 Å². The Kier molecular flexibility index (Phi) is 5.87. The first-order valence-corrected chi connectivity index (χ1v) is 10.1. The minimum Gasteiger partial charge on any atom is -0.303 e. The third-order valence-electron chi connectivity index (χ3n) is 3.88. The number of hydrogen-bond acceptors (Lipinski definition) is 3. The predicted octanol–water partition coefficient (Wildman–Crippen LogP) is 3.14. The van der Waals surface area contributed by atoms with Crippen LogP contribution in [0, 0.1) is 12.8 Å². The van der Waals surface area contributed by atoms with Crippen molar-refractivity contribution in [2.45, 2.75) is 25.2 Å². The van der Waals surface area contributed by atoms with Gasteiger partial charge in [0.25, 0.3) is 0 Å². The summed E-state index contributed by atoms with van der Waals surface area (Å²) in [6, 6.07) is 3.46. The standard InChI is InChI=1S/C14H20Br2N2O2S/c1-3-18-5-4-11(9-18)8-17-21(19,20)14-7-12(15)10(2)6-13(14)16/h6-7,11,17H,3-5,8-9H2,1-2H3. The van der Waals surface area contributed by atoms with E-state index in [1.54, 1.807) is 6.07 Å². The lowest BCUT2D eigenvalue weighted by atomic mass is 10.1. The number of aryl methyl sites for hydroxylation is 1. The van der Waals surface area contributed by atoms with Gasteiger partial charge in [0, 0.05) is 22.0 Å². The van der Waals surface area contributed by atoms with E-state index in [1.165, 1.54) is 0 Å². The molecule has 0 amide bonds. The molecule has 1 N–H and O–H groups in total. The van der Waals surface area contributed by atoms with E-state index in [9.17, 15) is 8.42 Å². The van der Waals surface area contributed by atoms with Gasteiger partial charge in [0.05, 0.1) is 4.90 Å². The maximum atomic E-state index is 12.4. The number of likely N-dealkylation sites (tertiary alicyclic amines) is 1. The summed E-state index contributed by atoms with van der Waals surface area (Å²) in [6.07, 6.45) is 1.05. The molecule has 2 rings (SSSR count). The van der Waals surface area contributed by atoms with Crippen molar-refractivity contribution in [3.63, 3.8) is 0 Å². The molecule has 0 aromatic heterocycles. The molecule has 0 spiro atoms. The first kappa shape index (κ1) is 17.4. The lowest BCUT2D eigenvalue weighted by Gasteiger charge is -2.15. The second-order valence-corrected chi connectivity index (χ2v) is 8.88. The van der Waals surface area contributed by atoms with E-state index in [0.29, 0.717) is 16.9 Å². The Labute approximate surface area is 143 Å². The van der Waals surface area contributed by atoms with Crippen molar-refractivity contribution in [2.75, 3.05) is 26.2 Å². The van der Waals surface area contributed by atoms with Gasteiger partial charge in [-0.05, 0) is 66.0 Å². The quantitative estimate of drug-likeness (QED) is 0.766. The minimum absolute atomic E-state index is 0.283. The molecular weight excluding hydrogens is 420 g/mol. The van der Waals surface area contributed by atoms with E-state index in [4.69, 9.17) is 0 Å². The lowest BCUT2D eigenvalue weighted by molar-refractivity contribution is 0.342. The van der Waals surface area contributed by atoms with E-state index in [2.05, 4.69) is 48.4 Å². The highest BCUT2D eigenvalue weighted by atomic mass is 79.9. The minimum atomic E-state index is -3.49. The summed E-state index contributed by atoms with van der Waals surface area (Å²) in [5.41, 5.74) is 0.996. The highest BCUT2D eigenvalue weighted by Gasteiger charge is 2.24. The van der Waals surface area contributed by atoms with Gasteiger partial charge in [0.2, 0.25) is 10.0 Å². The second-order valence-electron chi connectivity index (χ2n) is 5.43. The molecule has 7 heteroatoms. The fraction of sp³-hybridized carbons (Fsp3) is 0.571. The highest BCUT2D eigenvalue weighted by Crippen LogP contribution is 2.29. The van der Waals surface area contributed by atoms with Gasteiger partial charge in [-0.15, -0.1) is 0 Å². The monoisotopic (exact) mass is 438 g/mol. The van der Waals surface area contributed by atoms with Crippen LogP contribution in [0.25, 0.3) is 0 Å². The average molecular weight is 440 g/mol. The summed E-state index contributed by atoms with van der Waals surface area (Å²) >= 11 is 6.73. The second kappa shape index (κ2) is 7.08. The van der Waals surface area contributed by atoms with Crippen molar-refractivity contribution < 1.29 is 8.42 Å². The summed E-state index contributed by atoms with van der Waals surface area (Å²) in [7, 11) is -3.49. The first-order chi connectivity index (χ1) is 9.83. The Bertz CT molecular complexity index is 620. The van der Waals surface area contributed by atoms with Crippen LogP contribution in [0.2, 0.25) is 0 Å². The fourth-order valence-corrected chi connectivity index (χ4v) is 5.30. The van der Waals surface area contributed by atoms with Crippen molar-refractivity contribution in [1.29, 1.82) is 0 Å². The van der Waals surface area contributed by atoms with Crippen molar-refractivity contribution in [3.8, 4) is 0 Å². The van der Waals surface area contributed by atoms with E-state index in [1.807, 2.05) is 13.0 Å². The Balaban J connectivity index is 2.07. The fourth-order valence-electron chi connectivity index (χ4n) is 2.51. The summed E-state index contributed by atoms with van der Waals surface area (Å²) < 4.78 is 29.0. The molecule has 21 heavy (non-hydrogen) atoms. The zero-order valence-electron chi connectivity index (χ0n) is 12.2. The van der Waals surface area contributed by atoms with Crippen LogP contribution in [0.5, 0.6) is 0 Å². The number of sulfonamides is 1. The van der Waals surface area contributed by atoms with Crippen LogP contribution in [0.1, 0.15) is 18.9 Å². The van der Waals surface area contributed by atoms with Gasteiger partial charge in [0.1, 0.15) is 0 Å². The molecule has 1 aromatic carbocycles. The molecule has 0 bridgehead atoms. The zero-order chi connectivity index (χ0) is 15.6. The van der Waals surface area contributed by atoms with Crippen LogP contribution in [-0.2, 0) is 10.0 Å². The number of nitrogens with one attached hydrogen (secondary N) is 1. The van der Waals surface area contributed by atoms with Crippen LogP contribution >= 0.6 is 31.9 Å². The topological polar surface area (TPSA) is 49.4 Å². The summed E-state index contributed by atoms with van der Waals surface area (Å²) in [4.78, 5) is 2.63. The van der Waals surface area contributed by atoms with Crippen molar-refractivity contribution in [1.82, 2.24) is 9.62 Å². The molecule has 118 valence electrons. The maximum Gasteiger partial charge on any atom is 0.241 e. The number of hydrogen-bond donors (Lipinski definition) is 1. The molecule has 1 aliphatic rings. The van der Waals surface area contributed by atoms with Gasteiger partial charge >= 0.3 is 0 Å². The largest absolute Gasteiger partial charge is 0.303 e. The lowest BCUT2D eigenvalue weighted by Crippen LogP contribution is -2.31. The summed E-state index contributed by atoms with van der Waals surface area (Å²) in [6.45, 7) is 7.61. The van der Waals surface area contributed by atoms with Crippen molar-refractivity contribution in [3.05, 3.63) is 26.6 Å². The van der Waals surface area contributed by atoms with Gasteiger partial charge in [-0.3, -0.25) is 0 Å². The SMILES string of the molecule is CCN1CCC(CNS(=O)(=O)c2cc(Br)c(C)cc2Br)C1. The third-order valence-corrected chi connectivity index (χ3v) is 7.12. The van der Waals surface area contributed by atoms with Gasteiger partial charge < -0.3 is 4.90 Å². The Morgan fingerprint density at radius 3 is 2.67 bits per heavy atom. The average Bonchev–Trinajstić information content (AvgIpc) is 2.88. The van der Waals surface area contributed by atoms with Gasteiger partial charge in [-0.1, -0.05) is 22.9 Å². The van der Waals surface area contributed by atoms with Gasteiger partial charge in [-0.25, -0.2) is 13.1 Å². The Morgan fingerprint density at radius 2 is 2.05 bits per heavy atom. The summed E-state index contributed by atoms with van der Waals surface area (Å²) in [5, 5.41) is 0. The van der Waals surface area contributed by atoms with E-state index >= 15 is 0 Å². The Hall–Kier alpha value is 0.0500. The van der Waals surface area contributed by atoms with Gasteiger partial charge in [0.15, 0.2) is 0 Å². The van der Waals surface area contributed by atoms with Crippen LogP contribution in [0.3, 0.4) is 0 Å². The molecule has 1 saturated heterocycles. The van der Waals surface area contributed by atoms with Gasteiger partial charge in [-0.2, -0.15) is 0 Å². The normalized spacial score (nSPS) is 20.1. The third kappa shape index (κ3) is 4.28. The number of rotatable bonds is 5. The molecule has 1 aromatic rings. The number of nitrogens with zero attached hydrogens (tertiary/aromatic N) is 1. The number of halogens is 2. The molecule has 0 aliphatic carbocycles.